The van der Waals surface area contributed by atoms with Crippen LogP contribution in [0.15, 0.2) is 26.2 Å². The third-order valence-electron chi connectivity index (χ3n) is 3.34. The van der Waals surface area contributed by atoms with Gasteiger partial charge >= 0.3 is 0 Å². The van der Waals surface area contributed by atoms with Crippen molar-refractivity contribution in [1.82, 2.24) is 29.9 Å². The highest BCUT2D eigenvalue weighted by atomic mass is 16.4. The SMILES string of the molecule is Cc1nc2ncoc2nc1[C@@H](C)c1nc2ncc(=O)[nH]c2o1. The van der Waals surface area contributed by atoms with E-state index in [4.69, 9.17) is 8.83 Å². The fourth-order valence-corrected chi connectivity index (χ4v) is 2.27. The van der Waals surface area contributed by atoms with Gasteiger partial charge in [0.2, 0.25) is 22.9 Å². The Morgan fingerprint density at radius 3 is 2.91 bits per heavy atom. The Morgan fingerprint density at radius 2 is 2.05 bits per heavy atom. The van der Waals surface area contributed by atoms with Crippen molar-refractivity contribution < 1.29 is 8.83 Å². The summed E-state index contributed by atoms with van der Waals surface area (Å²) < 4.78 is 10.7. The van der Waals surface area contributed by atoms with E-state index in [-0.39, 0.29) is 17.2 Å². The van der Waals surface area contributed by atoms with Gasteiger partial charge in [0.1, 0.15) is 0 Å². The standard InChI is InChI=1S/C13H10N6O3/c1-5(8-6(2)16-9-12(18-8)21-4-15-9)11-19-10-13(22-11)17-7(20)3-14-10/h3-5H,1-2H3,(H,17,20)/t5-/m1/s1. The van der Waals surface area contributed by atoms with Gasteiger partial charge in [-0.25, -0.2) is 15.0 Å². The molecule has 0 amide bonds. The normalized spacial score (nSPS) is 13.0. The average molecular weight is 298 g/mol. The molecular weight excluding hydrogens is 288 g/mol. The van der Waals surface area contributed by atoms with Crippen LogP contribution in [0.3, 0.4) is 0 Å². The fraction of sp³-hybridized carbons (Fsp3) is 0.231. The van der Waals surface area contributed by atoms with Gasteiger partial charge in [0.05, 0.1) is 23.5 Å². The Hall–Kier alpha value is -3.10. The number of aromatic amines is 1. The van der Waals surface area contributed by atoms with E-state index >= 15 is 0 Å². The van der Waals surface area contributed by atoms with Gasteiger partial charge in [-0.1, -0.05) is 0 Å². The highest BCUT2D eigenvalue weighted by Gasteiger charge is 2.22. The predicted molar refractivity (Wildman–Crippen MR) is 74.3 cm³/mol. The monoisotopic (exact) mass is 298 g/mol. The molecule has 0 aliphatic heterocycles. The second kappa shape index (κ2) is 4.45. The van der Waals surface area contributed by atoms with Crippen molar-refractivity contribution in [3.8, 4) is 0 Å². The summed E-state index contributed by atoms with van der Waals surface area (Å²) in [5.74, 6) is 0.111. The minimum Gasteiger partial charge on any atom is -0.424 e. The number of nitrogens with one attached hydrogen (secondary N) is 1. The van der Waals surface area contributed by atoms with Crippen molar-refractivity contribution in [3.05, 3.63) is 40.2 Å². The second-order valence-corrected chi connectivity index (χ2v) is 4.85. The van der Waals surface area contributed by atoms with Gasteiger partial charge in [-0.05, 0) is 13.8 Å². The third kappa shape index (κ3) is 1.86. The summed E-state index contributed by atoms with van der Waals surface area (Å²) in [6, 6.07) is 0. The third-order valence-corrected chi connectivity index (χ3v) is 3.34. The molecule has 0 unspecified atom stereocenters. The molecule has 1 atom stereocenters. The second-order valence-electron chi connectivity index (χ2n) is 4.85. The maximum atomic E-state index is 11.3. The summed E-state index contributed by atoms with van der Waals surface area (Å²) in [6.45, 7) is 3.71. The molecule has 1 N–H and O–H groups in total. The zero-order chi connectivity index (χ0) is 15.3. The Morgan fingerprint density at radius 1 is 1.18 bits per heavy atom. The van der Waals surface area contributed by atoms with E-state index in [0.29, 0.717) is 34.3 Å². The summed E-state index contributed by atoms with van der Waals surface area (Å²) in [5.41, 5.74) is 2.42. The molecule has 0 bridgehead atoms. The lowest BCUT2D eigenvalue weighted by molar-refractivity contribution is 0.498. The summed E-state index contributed by atoms with van der Waals surface area (Å²) in [4.78, 5) is 34.7. The molecule has 0 fully saturated rings. The van der Waals surface area contributed by atoms with E-state index in [1.54, 1.807) is 0 Å². The van der Waals surface area contributed by atoms with E-state index in [1.165, 1.54) is 6.39 Å². The summed E-state index contributed by atoms with van der Waals surface area (Å²) in [7, 11) is 0. The first kappa shape index (κ1) is 12.6. The number of rotatable bonds is 2. The summed E-state index contributed by atoms with van der Waals surface area (Å²) in [5, 5.41) is 0. The Labute approximate surface area is 122 Å². The number of H-pyrrole nitrogens is 1. The highest BCUT2D eigenvalue weighted by Crippen LogP contribution is 2.26. The van der Waals surface area contributed by atoms with Gasteiger partial charge in [-0.15, -0.1) is 0 Å². The van der Waals surface area contributed by atoms with Crippen LogP contribution in [0.2, 0.25) is 0 Å². The molecule has 0 saturated heterocycles. The van der Waals surface area contributed by atoms with Crippen molar-refractivity contribution in [3.63, 3.8) is 0 Å². The molecule has 9 heteroatoms. The van der Waals surface area contributed by atoms with E-state index in [1.807, 2.05) is 13.8 Å². The molecule has 0 aliphatic carbocycles. The van der Waals surface area contributed by atoms with E-state index in [0.717, 1.165) is 6.20 Å². The molecule has 0 radical (unpaired) electrons. The number of aromatic nitrogens is 6. The molecule has 4 rings (SSSR count). The molecule has 4 aromatic heterocycles. The molecule has 0 spiro atoms. The number of hydrogen-bond donors (Lipinski definition) is 1. The number of hydrogen-bond acceptors (Lipinski definition) is 8. The lowest BCUT2D eigenvalue weighted by Gasteiger charge is -2.08. The van der Waals surface area contributed by atoms with Crippen LogP contribution in [0, 0.1) is 6.92 Å². The molecule has 0 saturated carbocycles. The van der Waals surface area contributed by atoms with Crippen LogP contribution in [-0.4, -0.2) is 29.9 Å². The predicted octanol–water partition coefficient (Wildman–Crippen LogP) is 1.30. The Balaban J connectivity index is 1.85. The van der Waals surface area contributed by atoms with Crippen LogP contribution < -0.4 is 5.56 Å². The van der Waals surface area contributed by atoms with E-state index < -0.39 is 0 Å². The van der Waals surface area contributed by atoms with Crippen molar-refractivity contribution in [2.45, 2.75) is 19.8 Å². The van der Waals surface area contributed by atoms with Gasteiger partial charge in [-0.3, -0.25) is 9.78 Å². The van der Waals surface area contributed by atoms with Crippen LogP contribution >= 0.6 is 0 Å². The maximum absolute atomic E-state index is 11.3. The van der Waals surface area contributed by atoms with E-state index in [2.05, 4.69) is 29.9 Å². The van der Waals surface area contributed by atoms with Gasteiger partial charge in [0.15, 0.2) is 6.39 Å². The molecular formula is C13H10N6O3. The zero-order valence-corrected chi connectivity index (χ0v) is 11.7. The van der Waals surface area contributed by atoms with Crippen LogP contribution in [0.5, 0.6) is 0 Å². The summed E-state index contributed by atoms with van der Waals surface area (Å²) in [6.07, 6.45) is 2.46. The number of oxazole rings is 2. The lowest BCUT2D eigenvalue weighted by Crippen LogP contribution is -2.04. The average Bonchev–Trinajstić information content (AvgIpc) is 3.10. The number of nitrogens with zero attached hydrogens (tertiary/aromatic N) is 5. The first-order chi connectivity index (χ1) is 10.6. The number of aryl methyl sites for hydroxylation is 1. The quantitative estimate of drug-likeness (QED) is 0.587. The highest BCUT2D eigenvalue weighted by molar-refractivity contribution is 5.63. The molecule has 22 heavy (non-hydrogen) atoms. The maximum Gasteiger partial charge on any atom is 0.269 e. The largest absolute Gasteiger partial charge is 0.424 e. The molecule has 0 aliphatic rings. The first-order valence-corrected chi connectivity index (χ1v) is 6.55. The molecule has 9 nitrogen and oxygen atoms in total. The molecule has 110 valence electrons. The lowest BCUT2D eigenvalue weighted by atomic mass is 10.1. The summed E-state index contributed by atoms with van der Waals surface area (Å²) >= 11 is 0. The smallest absolute Gasteiger partial charge is 0.269 e. The van der Waals surface area contributed by atoms with E-state index in [9.17, 15) is 4.79 Å². The molecule has 4 heterocycles. The fourth-order valence-electron chi connectivity index (χ4n) is 2.27. The van der Waals surface area contributed by atoms with Crippen molar-refractivity contribution in [1.29, 1.82) is 0 Å². The first-order valence-electron chi connectivity index (χ1n) is 6.55. The van der Waals surface area contributed by atoms with Crippen LogP contribution in [0.25, 0.3) is 22.7 Å². The minimum atomic E-state index is -0.345. The van der Waals surface area contributed by atoms with Crippen LogP contribution in [0.1, 0.15) is 30.1 Å². The van der Waals surface area contributed by atoms with Crippen molar-refractivity contribution in [2.24, 2.45) is 0 Å². The van der Waals surface area contributed by atoms with Crippen LogP contribution in [0.4, 0.5) is 0 Å². The Bertz CT molecular complexity index is 1050. The van der Waals surface area contributed by atoms with Crippen molar-refractivity contribution in [2.75, 3.05) is 0 Å². The van der Waals surface area contributed by atoms with Gasteiger partial charge in [-0.2, -0.15) is 9.97 Å². The molecule has 4 aromatic rings. The minimum absolute atomic E-state index is 0.237. The van der Waals surface area contributed by atoms with Crippen molar-refractivity contribution >= 4 is 22.7 Å². The molecule has 0 aromatic carbocycles. The Kier molecular flexibility index (Phi) is 2.55. The topological polar surface area (TPSA) is 124 Å². The zero-order valence-electron chi connectivity index (χ0n) is 11.7. The number of fused-ring (bicyclic) bond motifs is 2. The van der Waals surface area contributed by atoms with Gasteiger partial charge in [0, 0.05) is 0 Å². The van der Waals surface area contributed by atoms with Gasteiger partial charge < -0.3 is 8.83 Å². The van der Waals surface area contributed by atoms with Gasteiger partial charge in [0.25, 0.3) is 11.3 Å². The van der Waals surface area contributed by atoms with Crippen LogP contribution in [-0.2, 0) is 0 Å².